The highest BCUT2D eigenvalue weighted by molar-refractivity contribution is 5.47. The first-order valence-electron chi connectivity index (χ1n) is 6.17. The molecule has 0 aliphatic heterocycles. The predicted molar refractivity (Wildman–Crippen MR) is 78.0 cm³/mol. The second-order valence-corrected chi connectivity index (χ2v) is 4.87. The van der Waals surface area contributed by atoms with Crippen molar-refractivity contribution in [2.45, 2.75) is 13.0 Å². The van der Waals surface area contributed by atoms with E-state index in [2.05, 4.69) is 60.4 Å². The van der Waals surface area contributed by atoms with Crippen molar-refractivity contribution in [3.05, 3.63) is 65.2 Å². The van der Waals surface area contributed by atoms with Crippen molar-refractivity contribution in [1.82, 2.24) is 0 Å². The van der Waals surface area contributed by atoms with Gasteiger partial charge < -0.3 is 10.6 Å². The average Bonchev–Trinajstić information content (AvgIpc) is 2.39. The van der Waals surface area contributed by atoms with Gasteiger partial charge in [-0.1, -0.05) is 42.0 Å². The molecule has 0 aromatic heterocycles. The third kappa shape index (κ3) is 2.71. The fourth-order valence-corrected chi connectivity index (χ4v) is 1.95. The molecule has 0 spiro atoms. The number of aryl methyl sites for hydroxylation is 1. The number of rotatable bonds is 3. The summed E-state index contributed by atoms with van der Waals surface area (Å²) in [5.74, 6) is 0. The van der Waals surface area contributed by atoms with Crippen LogP contribution in [0, 0.1) is 6.92 Å². The molecule has 2 rings (SSSR count). The molecule has 18 heavy (non-hydrogen) atoms. The van der Waals surface area contributed by atoms with Crippen molar-refractivity contribution in [3.63, 3.8) is 0 Å². The van der Waals surface area contributed by atoms with E-state index in [1.165, 1.54) is 11.3 Å². The van der Waals surface area contributed by atoms with E-state index < -0.39 is 0 Å². The average molecular weight is 240 g/mol. The summed E-state index contributed by atoms with van der Waals surface area (Å²) in [7, 11) is 4.07. The van der Waals surface area contributed by atoms with Crippen LogP contribution in [0.1, 0.15) is 22.7 Å². The van der Waals surface area contributed by atoms with Crippen LogP contribution in [-0.4, -0.2) is 14.1 Å². The molecule has 2 heteroatoms. The van der Waals surface area contributed by atoms with Gasteiger partial charge in [0.25, 0.3) is 0 Å². The molecule has 0 fully saturated rings. The van der Waals surface area contributed by atoms with E-state index in [1.54, 1.807) is 0 Å². The molecule has 0 bridgehead atoms. The van der Waals surface area contributed by atoms with E-state index in [0.29, 0.717) is 0 Å². The molecular weight excluding hydrogens is 220 g/mol. The van der Waals surface area contributed by atoms with Crippen molar-refractivity contribution in [2.24, 2.45) is 5.73 Å². The summed E-state index contributed by atoms with van der Waals surface area (Å²) in [6, 6.07) is 16.7. The number of benzene rings is 2. The van der Waals surface area contributed by atoms with Crippen LogP contribution in [-0.2, 0) is 0 Å². The summed E-state index contributed by atoms with van der Waals surface area (Å²) in [6.07, 6.45) is 0. The molecule has 0 amide bonds. The summed E-state index contributed by atoms with van der Waals surface area (Å²) in [5, 5.41) is 0. The summed E-state index contributed by atoms with van der Waals surface area (Å²) in [6.45, 7) is 2.08. The SMILES string of the molecule is Cc1ccc(C(N)c2ccc(N(C)C)cc2)cc1. The zero-order valence-electron chi connectivity index (χ0n) is 11.2. The Morgan fingerprint density at radius 1 is 0.833 bits per heavy atom. The molecule has 2 aromatic carbocycles. The minimum Gasteiger partial charge on any atom is -0.378 e. The Morgan fingerprint density at radius 3 is 1.72 bits per heavy atom. The van der Waals surface area contributed by atoms with Crippen molar-refractivity contribution in [3.8, 4) is 0 Å². The van der Waals surface area contributed by atoms with Gasteiger partial charge in [0.15, 0.2) is 0 Å². The van der Waals surface area contributed by atoms with Gasteiger partial charge in [-0.25, -0.2) is 0 Å². The van der Waals surface area contributed by atoms with E-state index in [-0.39, 0.29) is 6.04 Å². The van der Waals surface area contributed by atoms with Gasteiger partial charge in [0.05, 0.1) is 6.04 Å². The summed E-state index contributed by atoms with van der Waals surface area (Å²) in [4.78, 5) is 2.08. The first-order chi connectivity index (χ1) is 8.58. The topological polar surface area (TPSA) is 29.3 Å². The zero-order chi connectivity index (χ0) is 13.1. The standard InChI is InChI=1S/C16H20N2/c1-12-4-6-13(7-5-12)16(17)14-8-10-15(11-9-14)18(2)3/h4-11,16H,17H2,1-3H3. The summed E-state index contributed by atoms with van der Waals surface area (Å²) < 4.78 is 0. The minimum atomic E-state index is -0.0539. The largest absolute Gasteiger partial charge is 0.378 e. The molecule has 0 saturated heterocycles. The molecular formula is C16H20N2. The first kappa shape index (κ1) is 12.7. The van der Waals surface area contributed by atoms with Gasteiger partial charge in [0.1, 0.15) is 0 Å². The van der Waals surface area contributed by atoms with Gasteiger partial charge in [0.2, 0.25) is 0 Å². The lowest BCUT2D eigenvalue weighted by Gasteiger charge is -2.16. The lowest BCUT2D eigenvalue weighted by Crippen LogP contribution is -2.13. The van der Waals surface area contributed by atoms with E-state index >= 15 is 0 Å². The first-order valence-corrected chi connectivity index (χ1v) is 6.17. The molecule has 1 unspecified atom stereocenters. The van der Waals surface area contributed by atoms with Crippen LogP contribution >= 0.6 is 0 Å². The number of hydrogen-bond acceptors (Lipinski definition) is 2. The second-order valence-electron chi connectivity index (χ2n) is 4.87. The Hall–Kier alpha value is -1.80. The highest BCUT2D eigenvalue weighted by Gasteiger charge is 2.08. The van der Waals surface area contributed by atoms with Gasteiger partial charge in [-0.05, 0) is 30.2 Å². The number of anilines is 1. The molecule has 0 aliphatic carbocycles. The van der Waals surface area contributed by atoms with E-state index in [1.807, 2.05) is 14.1 Å². The highest BCUT2D eigenvalue weighted by Crippen LogP contribution is 2.22. The predicted octanol–water partition coefficient (Wildman–Crippen LogP) is 3.11. The Bertz CT molecular complexity index is 498. The van der Waals surface area contributed by atoms with E-state index in [9.17, 15) is 0 Å². The Labute approximate surface area is 109 Å². The third-order valence-electron chi connectivity index (χ3n) is 3.21. The lowest BCUT2D eigenvalue weighted by atomic mass is 9.98. The quantitative estimate of drug-likeness (QED) is 0.893. The van der Waals surface area contributed by atoms with E-state index in [4.69, 9.17) is 5.73 Å². The van der Waals surface area contributed by atoms with Crippen molar-refractivity contribution < 1.29 is 0 Å². The van der Waals surface area contributed by atoms with Crippen molar-refractivity contribution in [1.29, 1.82) is 0 Å². The van der Waals surface area contributed by atoms with Gasteiger partial charge in [0, 0.05) is 19.8 Å². The van der Waals surface area contributed by atoms with Gasteiger partial charge in [-0.15, -0.1) is 0 Å². The van der Waals surface area contributed by atoms with Crippen LogP contribution in [0.5, 0.6) is 0 Å². The summed E-state index contributed by atoms with van der Waals surface area (Å²) >= 11 is 0. The maximum atomic E-state index is 6.28. The molecule has 0 radical (unpaired) electrons. The molecule has 2 aromatic rings. The molecule has 2 nitrogen and oxygen atoms in total. The Balaban J connectivity index is 2.23. The minimum absolute atomic E-state index is 0.0539. The van der Waals surface area contributed by atoms with Crippen LogP contribution in [0.2, 0.25) is 0 Å². The summed E-state index contributed by atoms with van der Waals surface area (Å²) in [5.41, 5.74) is 11.0. The number of nitrogens with two attached hydrogens (primary N) is 1. The van der Waals surface area contributed by atoms with Gasteiger partial charge in [-0.2, -0.15) is 0 Å². The van der Waals surface area contributed by atoms with Gasteiger partial charge in [-0.3, -0.25) is 0 Å². The van der Waals surface area contributed by atoms with Crippen LogP contribution in [0.4, 0.5) is 5.69 Å². The fraction of sp³-hybridized carbons (Fsp3) is 0.250. The number of hydrogen-bond donors (Lipinski definition) is 1. The van der Waals surface area contributed by atoms with E-state index in [0.717, 1.165) is 11.1 Å². The van der Waals surface area contributed by atoms with Crippen LogP contribution in [0.25, 0.3) is 0 Å². The van der Waals surface area contributed by atoms with Crippen molar-refractivity contribution >= 4 is 5.69 Å². The maximum absolute atomic E-state index is 6.28. The van der Waals surface area contributed by atoms with Gasteiger partial charge >= 0.3 is 0 Å². The third-order valence-corrected chi connectivity index (χ3v) is 3.21. The molecule has 2 N–H and O–H groups in total. The molecule has 0 aliphatic rings. The van der Waals surface area contributed by atoms with Crippen LogP contribution in [0.3, 0.4) is 0 Å². The normalized spacial score (nSPS) is 12.2. The monoisotopic (exact) mass is 240 g/mol. The Kier molecular flexibility index (Phi) is 3.68. The smallest absolute Gasteiger partial charge is 0.0551 e. The second kappa shape index (κ2) is 5.23. The lowest BCUT2D eigenvalue weighted by molar-refractivity contribution is 0.870. The molecule has 1 atom stereocenters. The zero-order valence-corrected chi connectivity index (χ0v) is 11.2. The fourth-order valence-electron chi connectivity index (χ4n) is 1.95. The number of nitrogens with zero attached hydrogens (tertiary/aromatic N) is 1. The molecule has 94 valence electrons. The highest BCUT2D eigenvalue weighted by atomic mass is 15.1. The van der Waals surface area contributed by atoms with Crippen LogP contribution in [0.15, 0.2) is 48.5 Å². The van der Waals surface area contributed by atoms with Crippen molar-refractivity contribution in [2.75, 3.05) is 19.0 Å². The molecule has 0 saturated carbocycles. The Morgan fingerprint density at radius 2 is 1.28 bits per heavy atom. The van der Waals surface area contributed by atoms with Crippen LogP contribution < -0.4 is 10.6 Å². The molecule has 0 heterocycles. The maximum Gasteiger partial charge on any atom is 0.0551 e.